The third-order valence-electron chi connectivity index (χ3n) is 3.58. The maximum absolute atomic E-state index is 10.4. The Morgan fingerprint density at radius 2 is 2.06 bits per heavy atom. The van der Waals surface area contributed by atoms with Gasteiger partial charge in [-0.2, -0.15) is 0 Å². The number of hydrogen-bond donors (Lipinski definition) is 2. The minimum absolute atomic E-state index is 0.00278. The third kappa shape index (κ3) is 3.47. The van der Waals surface area contributed by atoms with Crippen LogP contribution in [0.5, 0.6) is 0 Å². The van der Waals surface area contributed by atoms with Crippen LogP contribution in [0.25, 0.3) is 0 Å². The van der Waals surface area contributed by atoms with Gasteiger partial charge < -0.3 is 15.2 Å². The molecule has 0 saturated carbocycles. The molecular weight excluding hydrogens is 226 g/mol. The van der Waals surface area contributed by atoms with Crippen LogP contribution in [0.2, 0.25) is 0 Å². The lowest BCUT2D eigenvalue weighted by molar-refractivity contribution is -0.0480. The van der Waals surface area contributed by atoms with E-state index >= 15 is 0 Å². The quantitative estimate of drug-likeness (QED) is 0.843. The van der Waals surface area contributed by atoms with Crippen molar-refractivity contribution in [3.8, 4) is 0 Å². The van der Waals surface area contributed by atoms with Gasteiger partial charge in [0.2, 0.25) is 0 Å². The van der Waals surface area contributed by atoms with Gasteiger partial charge in [-0.3, -0.25) is 0 Å². The predicted molar refractivity (Wildman–Crippen MR) is 73.7 cm³/mol. The normalized spacial score (nSPS) is 28.0. The minimum atomic E-state index is -0.314. The Bertz CT molecular complexity index is 342. The van der Waals surface area contributed by atoms with Crippen molar-refractivity contribution >= 4 is 5.69 Å². The molecule has 3 unspecified atom stereocenters. The molecule has 0 amide bonds. The highest BCUT2D eigenvalue weighted by atomic mass is 16.5. The molecule has 0 aliphatic carbocycles. The third-order valence-corrected chi connectivity index (χ3v) is 3.58. The number of aliphatic hydroxyl groups is 1. The zero-order valence-electron chi connectivity index (χ0n) is 11.0. The van der Waals surface area contributed by atoms with E-state index in [1.807, 2.05) is 30.3 Å². The second kappa shape index (κ2) is 6.76. The molecule has 100 valence electrons. The zero-order chi connectivity index (χ0) is 12.8. The van der Waals surface area contributed by atoms with Crippen LogP contribution in [0.4, 0.5) is 5.69 Å². The van der Waals surface area contributed by atoms with Crippen molar-refractivity contribution < 1.29 is 9.84 Å². The van der Waals surface area contributed by atoms with E-state index in [2.05, 4.69) is 12.2 Å². The van der Waals surface area contributed by atoms with Gasteiger partial charge in [-0.25, -0.2) is 0 Å². The van der Waals surface area contributed by atoms with Gasteiger partial charge in [-0.15, -0.1) is 0 Å². The van der Waals surface area contributed by atoms with Crippen molar-refractivity contribution in [1.82, 2.24) is 0 Å². The van der Waals surface area contributed by atoms with Gasteiger partial charge in [0.1, 0.15) is 0 Å². The molecular formula is C15H23NO2. The van der Waals surface area contributed by atoms with E-state index in [4.69, 9.17) is 4.74 Å². The van der Waals surface area contributed by atoms with Crippen LogP contribution in [-0.2, 0) is 4.74 Å². The fourth-order valence-corrected chi connectivity index (χ4v) is 2.47. The molecule has 1 saturated heterocycles. The smallest absolute Gasteiger partial charge is 0.0813 e. The molecule has 1 heterocycles. The van der Waals surface area contributed by atoms with Gasteiger partial charge >= 0.3 is 0 Å². The van der Waals surface area contributed by atoms with E-state index in [0.29, 0.717) is 13.2 Å². The van der Waals surface area contributed by atoms with Crippen molar-refractivity contribution in [2.45, 2.75) is 38.3 Å². The lowest BCUT2D eigenvalue weighted by atomic mass is 9.90. The Labute approximate surface area is 109 Å². The average molecular weight is 249 g/mol. The molecule has 0 spiro atoms. The average Bonchev–Trinajstić information content (AvgIpc) is 2.41. The van der Waals surface area contributed by atoms with Crippen LogP contribution in [0.3, 0.4) is 0 Å². The Kier molecular flexibility index (Phi) is 5.02. The second-order valence-corrected chi connectivity index (χ2v) is 5.05. The van der Waals surface area contributed by atoms with Gasteiger partial charge in [0.05, 0.1) is 25.4 Å². The SMILES string of the molecule is CCCCC1COCC(Nc2ccccc2)C1O. The van der Waals surface area contributed by atoms with E-state index < -0.39 is 0 Å². The molecule has 0 bridgehead atoms. The van der Waals surface area contributed by atoms with Crippen LogP contribution in [-0.4, -0.2) is 30.5 Å². The van der Waals surface area contributed by atoms with E-state index in [0.717, 1.165) is 18.5 Å². The summed E-state index contributed by atoms with van der Waals surface area (Å²) in [6.45, 7) is 3.45. The van der Waals surface area contributed by atoms with Gasteiger partial charge in [-0.1, -0.05) is 38.0 Å². The topological polar surface area (TPSA) is 41.5 Å². The first-order chi connectivity index (χ1) is 8.81. The molecule has 3 heteroatoms. The summed E-state index contributed by atoms with van der Waals surface area (Å²) in [5.74, 6) is 0.264. The van der Waals surface area contributed by atoms with Crippen molar-refractivity contribution in [2.75, 3.05) is 18.5 Å². The van der Waals surface area contributed by atoms with Crippen LogP contribution >= 0.6 is 0 Å². The van der Waals surface area contributed by atoms with Gasteiger partial charge in [-0.05, 0) is 18.6 Å². The Morgan fingerprint density at radius 1 is 1.28 bits per heavy atom. The summed E-state index contributed by atoms with van der Waals surface area (Å²) in [5, 5.41) is 13.7. The molecule has 0 radical (unpaired) electrons. The van der Waals surface area contributed by atoms with E-state index in [9.17, 15) is 5.11 Å². The summed E-state index contributed by atoms with van der Waals surface area (Å²) in [7, 11) is 0. The maximum Gasteiger partial charge on any atom is 0.0813 e. The van der Waals surface area contributed by atoms with Crippen molar-refractivity contribution in [1.29, 1.82) is 0 Å². The number of ether oxygens (including phenoxy) is 1. The number of anilines is 1. The highest BCUT2D eigenvalue weighted by Crippen LogP contribution is 2.23. The van der Waals surface area contributed by atoms with Gasteiger partial charge in [0.15, 0.2) is 0 Å². The van der Waals surface area contributed by atoms with E-state index in [-0.39, 0.29) is 18.1 Å². The van der Waals surface area contributed by atoms with Crippen molar-refractivity contribution in [3.05, 3.63) is 30.3 Å². The molecule has 1 aliphatic heterocycles. The second-order valence-electron chi connectivity index (χ2n) is 5.05. The molecule has 1 aliphatic rings. The first-order valence-corrected chi connectivity index (χ1v) is 6.88. The summed E-state index contributed by atoms with van der Waals surface area (Å²) >= 11 is 0. The lowest BCUT2D eigenvalue weighted by Gasteiger charge is -2.35. The number of para-hydroxylation sites is 1. The molecule has 0 aromatic heterocycles. The molecule has 3 nitrogen and oxygen atoms in total. The highest BCUT2D eigenvalue weighted by Gasteiger charge is 2.31. The lowest BCUT2D eigenvalue weighted by Crippen LogP contribution is -2.48. The number of hydrogen-bond acceptors (Lipinski definition) is 3. The maximum atomic E-state index is 10.4. The molecule has 1 aromatic carbocycles. The summed E-state index contributed by atoms with van der Waals surface area (Å²) < 4.78 is 5.61. The van der Waals surface area contributed by atoms with Gasteiger partial charge in [0.25, 0.3) is 0 Å². The molecule has 2 rings (SSSR count). The molecule has 18 heavy (non-hydrogen) atoms. The predicted octanol–water partition coefficient (Wildman–Crippen LogP) is 2.66. The van der Waals surface area contributed by atoms with Crippen molar-refractivity contribution in [3.63, 3.8) is 0 Å². The molecule has 3 atom stereocenters. The van der Waals surface area contributed by atoms with Gasteiger partial charge in [0, 0.05) is 11.6 Å². The first kappa shape index (κ1) is 13.4. The Balaban J connectivity index is 1.92. The fraction of sp³-hybridized carbons (Fsp3) is 0.600. The van der Waals surface area contributed by atoms with Crippen molar-refractivity contribution in [2.24, 2.45) is 5.92 Å². The Morgan fingerprint density at radius 3 is 2.78 bits per heavy atom. The minimum Gasteiger partial charge on any atom is -0.391 e. The van der Waals surface area contributed by atoms with Crippen LogP contribution < -0.4 is 5.32 Å². The highest BCUT2D eigenvalue weighted by molar-refractivity contribution is 5.43. The van der Waals surface area contributed by atoms with Crippen LogP contribution in [0.15, 0.2) is 30.3 Å². The zero-order valence-corrected chi connectivity index (χ0v) is 11.0. The summed E-state index contributed by atoms with van der Waals surface area (Å²) in [6.07, 6.45) is 3.05. The summed E-state index contributed by atoms with van der Waals surface area (Å²) in [5.41, 5.74) is 1.04. The number of benzene rings is 1. The Hall–Kier alpha value is -1.06. The van der Waals surface area contributed by atoms with Crippen LogP contribution in [0.1, 0.15) is 26.2 Å². The van der Waals surface area contributed by atoms with E-state index in [1.165, 1.54) is 6.42 Å². The largest absolute Gasteiger partial charge is 0.391 e. The molecule has 2 N–H and O–H groups in total. The van der Waals surface area contributed by atoms with Crippen LogP contribution in [0, 0.1) is 5.92 Å². The molecule has 1 fully saturated rings. The summed E-state index contributed by atoms with van der Waals surface area (Å²) in [6, 6.07) is 10.0. The number of nitrogens with one attached hydrogen (secondary N) is 1. The number of unbranched alkanes of at least 4 members (excludes halogenated alkanes) is 1. The summed E-state index contributed by atoms with van der Waals surface area (Å²) in [4.78, 5) is 0. The molecule has 1 aromatic rings. The number of aliphatic hydroxyl groups excluding tert-OH is 1. The first-order valence-electron chi connectivity index (χ1n) is 6.88. The monoisotopic (exact) mass is 249 g/mol. The fourth-order valence-electron chi connectivity index (χ4n) is 2.47. The standard InChI is InChI=1S/C15H23NO2/c1-2-3-7-12-10-18-11-14(15(12)17)16-13-8-5-4-6-9-13/h4-6,8-9,12,14-17H,2-3,7,10-11H2,1H3. The van der Waals surface area contributed by atoms with E-state index in [1.54, 1.807) is 0 Å². The number of rotatable bonds is 5.